The number of likely N-dealkylation sites (tertiary alicyclic amines) is 1. The number of rotatable bonds is 5. The second-order valence-electron chi connectivity index (χ2n) is 5.37. The molecule has 1 saturated heterocycles. The summed E-state index contributed by atoms with van der Waals surface area (Å²) in [5.74, 6) is 0.407. The van der Waals surface area contributed by atoms with Gasteiger partial charge in [-0.1, -0.05) is 6.07 Å². The third-order valence-corrected chi connectivity index (χ3v) is 3.66. The molecule has 0 amide bonds. The van der Waals surface area contributed by atoms with Gasteiger partial charge in [-0.3, -0.25) is 4.90 Å². The number of nitrogens with two attached hydrogens (primary N) is 1. The third kappa shape index (κ3) is 4.27. The smallest absolute Gasteiger partial charge is 0.123 e. The summed E-state index contributed by atoms with van der Waals surface area (Å²) in [6.45, 7) is 4.10. The molecule has 0 spiro atoms. The van der Waals surface area contributed by atoms with E-state index in [9.17, 15) is 4.39 Å². The van der Waals surface area contributed by atoms with Crippen LogP contribution in [-0.2, 0) is 17.8 Å². The predicted molar refractivity (Wildman–Crippen MR) is 74.2 cm³/mol. The number of piperidine rings is 1. The minimum absolute atomic E-state index is 0.191. The van der Waals surface area contributed by atoms with Crippen molar-refractivity contribution in [1.82, 2.24) is 4.90 Å². The van der Waals surface area contributed by atoms with Crippen LogP contribution in [0.2, 0.25) is 0 Å². The lowest BCUT2D eigenvalue weighted by atomic mass is 9.98. The van der Waals surface area contributed by atoms with Crippen molar-refractivity contribution in [3.63, 3.8) is 0 Å². The van der Waals surface area contributed by atoms with E-state index in [1.165, 1.54) is 18.9 Å². The minimum atomic E-state index is -0.191. The number of methoxy groups -OCH3 is 1. The second-order valence-corrected chi connectivity index (χ2v) is 5.37. The number of benzene rings is 1. The third-order valence-electron chi connectivity index (χ3n) is 3.66. The lowest BCUT2D eigenvalue weighted by Crippen LogP contribution is -2.36. The van der Waals surface area contributed by atoms with Crippen molar-refractivity contribution < 1.29 is 9.13 Å². The van der Waals surface area contributed by atoms with Crippen LogP contribution in [0.3, 0.4) is 0 Å². The summed E-state index contributed by atoms with van der Waals surface area (Å²) in [4.78, 5) is 2.38. The van der Waals surface area contributed by atoms with Gasteiger partial charge in [0.15, 0.2) is 0 Å². The topological polar surface area (TPSA) is 38.5 Å². The van der Waals surface area contributed by atoms with Crippen LogP contribution < -0.4 is 5.73 Å². The SMILES string of the molecule is COCC1CCCN(Cc2cc(F)cc(CN)c2)C1. The van der Waals surface area contributed by atoms with Crippen molar-refractivity contribution in [2.45, 2.75) is 25.9 Å². The van der Waals surface area contributed by atoms with Crippen molar-refractivity contribution in [3.05, 3.63) is 35.1 Å². The lowest BCUT2D eigenvalue weighted by molar-refractivity contribution is 0.0873. The van der Waals surface area contributed by atoms with Crippen molar-refractivity contribution in [1.29, 1.82) is 0 Å². The molecule has 2 rings (SSSR count). The van der Waals surface area contributed by atoms with Crippen LogP contribution in [0.1, 0.15) is 24.0 Å². The Morgan fingerprint density at radius 2 is 2.16 bits per heavy atom. The molecule has 0 radical (unpaired) electrons. The Kier molecular flexibility index (Phi) is 5.31. The van der Waals surface area contributed by atoms with Crippen LogP contribution in [0, 0.1) is 11.7 Å². The van der Waals surface area contributed by atoms with Gasteiger partial charge in [0.1, 0.15) is 5.82 Å². The molecule has 1 aromatic carbocycles. The van der Waals surface area contributed by atoms with E-state index in [0.717, 1.165) is 37.4 Å². The Balaban J connectivity index is 1.98. The maximum Gasteiger partial charge on any atom is 0.123 e. The van der Waals surface area contributed by atoms with Crippen LogP contribution >= 0.6 is 0 Å². The van der Waals surface area contributed by atoms with Gasteiger partial charge in [0.2, 0.25) is 0 Å². The zero-order chi connectivity index (χ0) is 13.7. The van der Waals surface area contributed by atoms with Gasteiger partial charge in [0, 0.05) is 26.7 Å². The fourth-order valence-electron chi connectivity index (χ4n) is 2.85. The molecule has 19 heavy (non-hydrogen) atoms. The van der Waals surface area contributed by atoms with Gasteiger partial charge in [-0.2, -0.15) is 0 Å². The normalized spacial score (nSPS) is 20.7. The molecule has 0 saturated carbocycles. The molecule has 1 unspecified atom stereocenters. The van der Waals surface area contributed by atoms with Gasteiger partial charge >= 0.3 is 0 Å². The quantitative estimate of drug-likeness (QED) is 0.887. The van der Waals surface area contributed by atoms with Crippen molar-refractivity contribution in [2.75, 3.05) is 26.8 Å². The van der Waals surface area contributed by atoms with Crippen LogP contribution in [0.25, 0.3) is 0 Å². The number of nitrogens with zero attached hydrogens (tertiary/aromatic N) is 1. The van der Waals surface area contributed by atoms with E-state index >= 15 is 0 Å². The molecule has 4 heteroatoms. The summed E-state index contributed by atoms with van der Waals surface area (Å²) in [6.07, 6.45) is 2.41. The molecular weight excluding hydrogens is 243 g/mol. The summed E-state index contributed by atoms with van der Waals surface area (Å²) < 4.78 is 18.7. The predicted octanol–water partition coefficient (Wildman–Crippen LogP) is 2.14. The first kappa shape index (κ1) is 14.4. The van der Waals surface area contributed by atoms with E-state index in [1.807, 2.05) is 6.07 Å². The van der Waals surface area contributed by atoms with Crippen LogP contribution in [0.4, 0.5) is 4.39 Å². The molecule has 1 heterocycles. The minimum Gasteiger partial charge on any atom is -0.384 e. The first-order chi connectivity index (χ1) is 9.21. The van der Waals surface area contributed by atoms with Gasteiger partial charge in [0.05, 0.1) is 6.61 Å². The Morgan fingerprint density at radius 3 is 2.89 bits per heavy atom. The van der Waals surface area contributed by atoms with Gasteiger partial charge in [-0.05, 0) is 48.6 Å². The highest BCUT2D eigenvalue weighted by Crippen LogP contribution is 2.19. The molecule has 0 aromatic heterocycles. The van der Waals surface area contributed by atoms with Crippen molar-refractivity contribution >= 4 is 0 Å². The lowest BCUT2D eigenvalue weighted by Gasteiger charge is -2.32. The fourth-order valence-corrected chi connectivity index (χ4v) is 2.85. The maximum atomic E-state index is 13.5. The standard InChI is InChI=1S/C15H23FN2O/c1-19-11-12-3-2-4-18(9-12)10-14-5-13(8-17)6-15(16)7-14/h5-7,12H,2-4,8-11,17H2,1H3. The molecule has 1 aliphatic rings. The summed E-state index contributed by atoms with van der Waals surface area (Å²) >= 11 is 0. The zero-order valence-electron chi connectivity index (χ0n) is 11.6. The average Bonchev–Trinajstić information content (AvgIpc) is 2.39. The van der Waals surface area contributed by atoms with Gasteiger partial charge in [-0.25, -0.2) is 4.39 Å². The molecule has 106 valence electrons. The summed E-state index contributed by atoms with van der Waals surface area (Å²) in [7, 11) is 1.75. The monoisotopic (exact) mass is 266 g/mol. The Labute approximate surface area is 114 Å². The fraction of sp³-hybridized carbons (Fsp3) is 0.600. The summed E-state index contributed by atoms with van der Waals surface area (Å²) in [6, 6.07) is 5.12. The summed E-state index contributed by atoms with van der Waals surface area (Å²) in [5, 5.41) is 0. The van der Waals surface area contributed by atoms with Crippen molar-refractivity contribution in [3.8, 4) is 0 Å². The highest BCUT2D eigenvalue weighted by molar-refractivity contribution is 5.24. The Hall–Kier alpha value is -0.970. The van der Waals surface area contributed by atoms with Gasteiger partial charge in [0.25, 0.3) is 0 Å². The second kappa shape index (κ2) is 6.98. The molecule has 0 bridgehead atoms. The number of halogens is 1. The van der Waals surface area contributed by atoms with Gasteiger partial charge < -0.3 is 10.5 Å². The van der Waals surface area contributed by atoms with E-state index in [1.54, 1.807) is 13.2 Å². The molecular formula is C15H23FN2O. The molecule has 3 nitrogen and oxygen atoms in total. The van der Waals surface area contributed by atoms with Gasteiger partial charge in [-0.15, -0.1) is 0 Å². The molecule has 1 aromatic rings. The zero-order valence-corrected chi connectivity index (χ0v) is 11.6. The molecule has 1 fully saturated rings. The van der Waals surface area contributed by atoms with E-state index in [-0.39, 0.29) is 5.82 Å². The summed E-state index contributed by atoms with van der Waals surface area (Å²) in [5.41, 5.74) is 7.46. The molecule has 2 N–H and O–H groups in total. The Bertz CT molecular complexity index is 409. The number of ether oxygens (including phenoxy) is 1. The van der Waals surface area contributed by atoms with E-state index in [2.05, 4.69) is 4.90 Å². The number of hydrogen-bond acceptors (Lipinski definition) is 3. The Morgan fingerprint density at radius 1 is 1.37 bits per heavy atom. The highest BCUT2D eigenvalue weighted by atomic mass is 19.1. The molecule has 0 aliphatic carbocycles. The maximum absolute atomic E-state index is 13.5. The first-order valence-corrected chi connectivity index (χ1v) is 6.91. The number of hydrogen-bond donors (Lipinski definition) is 1. The van der Waals surface area contributed by atoms with E-state index in [4.69, 9.17) is 10.5 Å². The van der Waals surface area contributed by atoms with Crippen LogP contribution in [-0.4, -0.2) is 31.7 Å². The van der Waals surface area contributed by atoms with E-state index in [0.29, 0.717) is 12.5 Å². The highest BCUT2D eigenvalue weighted by Gasteiger charge is 2.19. The van der Waals surface area contributed by atoms with E-state index < -0.39 is 0 Å². The average molecular weight is 266 g/mol. The largest absolute Gasteiger partial charge is 0.384 e. The van der Waals surface area contributed by atoms with Crippen LogP contribution in [0.5, 0.6) is 0 Å². The molecule has 1 atom stereocenters. The van der Waals surface area contributed by atoms with Crippen molar-refractivity contribution in [2.24, 2.45) is 11.7 Å². The first-order valence-electron chi connectivity index (χ1n) is 6.91. The molecule has 1 aliphatic heterocycles. The van der Waals surface area contributed by atoms with Crippen LogP contribution in [0.15, 0.2) is 18.2 Å².